The SMILES string of the molecule is CC(C)CCN(CCC(C)C)c1cccc2c1CNCC2. The molecule has 1 aliphatic heterocycles. The maximum absolute atomic E-state index is 3.54. The summed E-state index contributed by atoms with van der Waals surface area (Å²) in [6.45, 7) is 13.8. The summed E-state index contributed by atoms with van der Waals surface area (Å²) in [6.07, 6.45) is 3.72. The molecule has 0 aliphatic carbocycles. The van der Waals surface area contributed by atoms with Gasteiger partial charge >= 0.3 is 0 Å². The fourth-order valence-electron chi connectivity index (χ4n) is 2.97. The minimum Gasteiger partial charge on any atom is -0.371 e. The zero-order chi connectivity index (χ0) is 15.2. The van der Waals surface area contributed by atoms with Crippen LogP contribution in [-0.2, 0) is 13.0 Å². The monoisotopic (exact) mass is 288 g/mol. The van der Waals surface area contributed by atoms with E-state index in [0.29, 0.717) is 0 Å². The van der Waals surface area contributed by atoms with Gasteiger partial charge in [0.15, 0.2) is 0 Å². The molecule has 0 radical (unpaired) electrons. The summed E-state index contributed by atoms with van der Waals surface area (Å²) in [6, 6.07) is 6.88. The first-order valence-corrected chi connectivity index (χ1v) is 8.64. The highest BCUT2D eigenvalue weighted by Crippen LogP contribution is 2.27. The van der Waals surface area contributed by atoms with Gasteiger partial charge in [0.1, 0.15) is 0 Å². The van der Waals surface area contributed by atoms with E-state index in [9.17, 15) is 0 Å². The highest BCUT2D eigenvalue weighted by molar-refractivity contribution is 5.57. The molecule has 1 aliphatic rings. The van der Waals surface area contributed by atoms with Crippen LogP contribution in [0.4, 0.5) is 5.69 Å². The minimum absolute atomic E-state index is 0.768. The first-order chi connectivity index (χ1) is 10.1. The van der Waals surface area contributed by atoms with Crippen LogP contribution >= 0.6 is 0 Å². The van der Waals surface area contributed by atoms with Gasteiger partial charge in [-0.15, -0.1) is 0 Å². The van der Waals surface area contributed by atoms with Crippen LogP contribution in [0.2, 0.25) is 0 Å². The Balaban J connectivity index is 2.18. The lowest BCUT2D eigenvalue weighted by atomic mass is 9.98. The van der Waals surface area contributed by atoms with Gasteiger partial charge in [-0.05, 0) is 54.8 Å². The van der Waals surface area contributed by atoms with Crippen molar-refractivity contribution in [2.75, 3.05) is 24.5 Å². The minimum atomic E-state index is 0.768. The Labute approximate surface area is 130 Å². The van der Waals surface area contributed by atoms with Gasteiger partial charge in [0.25, 0.3) is 0 Å². The number of rotatable bonds is 7. The number of hydrogen-bond donors (Lipinski definition) is 1. The third-order valence-corrected chi connectivity index (χ3v) is 4.41. The molecule has 118 valence electrons. The van der Waals surface area contributed by atoms with Crippen molar-refractivity contribution in [3.05, 3.63) is 29.3 Å². The van der Waals surface area contributed by atoms with Crippen LogP contribution in [0.25, 0.3) is 0 Å². The van der Waals surface area contributed by atoms with Gasteiger partial charge in [0.05, 0.1) is 0 Å². The molecule has 2 rings (SSSR count). The molecule has 1 heterocycles. The summed E-state index contributed by atoms with van der Waals surface area (Å²) in [5.41, 5.74) is 4.56. The molecule has 1 aromatic carbocycles. The number of hydrogen-bond acceptors (Lipinski definition) is 2. The lowest BCUT2D eigenvalue weighted by molar-refractivity contribution is 0.532. The average molecular weight is 288 g/mol. The smallest absolute Gasteiger partial charge is 0.0414 e. The van der Waals surface area contributed by atoms with E-state index < -0.39 is 0 Å². The van der Waals surface area contributed by atoms with Crippen molar-refractivity contribution in [2.24, 2.45) is 11.8 Å². The van der Waals surface area contributed by atoms with Crippen LogP contribution in [0.3, 0.4) is 0 Å². The largest absolute Gasteiger partial charge is 0.371 e. The van der Waals surface area contributed by atoms with Crippen LogP contribution in [-0.4, -0.2) is 19.6 Å². The standard InChI is InChI=1S/C19H32N2/c1-15(2)9-12-21(13-10-16(3)4)19-7-5-6-17-8-11-20-14-18(17)19/h5-7,15-16,20H,8-14H2,1-4H3. The van der Waals surface area contributed by atoms with Crippen molar-refractivity contribution in [1.29, 1.82) is 0 Å². The van der Waals surface area contributed by atoms with Crippen molar-refractivity contribution < 1.29 is 0 Å². The van der Waals surface area contributed by atoms with E-state index in [1.807, 2.05) is 0 Å². The summed E-state index contributed by atoms with van der Waals surface area (Å²) in [5.74, 6) is 1.54. The molecule has 21 heavy (non-hydrogen) atoms. The normalized spacial score (nSPS) is 14.6. The molecule has 1 aromatic rings. The van der Waals surface area contributed by atoms with Gasteiger partial charge in [-0.1, -0.05) is 39.8 Å². The van der Waals surface area contributed by atoms with Gasteiger partial charge in [0.2, 0.25) is 0 Å². The molecular formula is C19H32N2. The van der Waals surface area contributed by atoms with Crippen molar-refractivity contribution in [3.8, 4) is 0 Å². The molecule has 0 aromatic heterocycles. The molecule has 0 amide bonds. The molecule has 2 heteroatoms. The van der Waals surface area contributed by atoms with E-state index in [2.05, 4.69) is 56.1 Å². The first kappa shape index (κ1) is 16.4. The van der Waals surface area contributed by atoms with Crippen molar-refractivity contribution in [2.45, 2.75) is 53.5 Å². The fraction of sp³-hybridized carbons (Fsp3) is 0.684. The highest BCUT2D eigenvalue weighted by atomic mass is 15.1. The van der Waals surface area contributed by atoms with Crippen LogP contribution < -0.4 is 10.2 Å². The van der Waals surface area contributed by atoms with Crippen LogP contribution in [0.1, 0.15) is 51.7 Å². The Hall–Kier alpha value is -1.02. The number of nitrogens with zero attached hydrogens (tertiary/aromatic N) is 1. The maximum Gasteiger partial charge on any atom is 0.0414 e. The third kappa shape index (κ3) is 4.74. The Bertz CT molecular complexity index is 425. The van der Waals surface area contributed by atoms with Gasteiger partial charge in [-0.3, -0.25) is 0 Å². The number of fused-ring (bicyclic) bond motifs is 1. The Morgan fingerprint density at radius 3 is 2.33 bits per heavy atom. The van der Waals surface area contributed by atoms with Crippen molar-refractivity contribution in [1.82, 2.24) is 5.32 Å². The van der Waals surface area contributed by atoms with E-state index in [1.54, 1.807) is 5.56 Å². The summed E-state index contributed by atoms with van der Waals surface area (Å²) in [5, 5.41) is 3.54. The number of nitrogens with one attached hydrogen (secondary N) is 1. The highest BCUT2D eigenvalue weighted by Gasteiger charge is 2.17. The quantitative estimate of drug-likeness (QED) is 0.807. The first-order valence-electron chi connectivity index (χ1n) is 8.64. The average Bonchev–Trinajstić information content (AvgIpc) is 2.46. The molecule has 0 spiro atoms. The molecule has 2 nitrogen and oxygen atoms in total. The van der Waals surface area contributed by atoms with Gasteiger partial charge in [-0.2, -0.15) is 0 Å². The van der Waals surface area contributed by atoms with Gasteiger partial charge < -0.3 is 10.2 Å². The van der Waals surface area contributed by atoms with E-state index >= 15 is 0 Å². The molecule has 0 atom stereocenters. The molecule has 0 fully saturated rings. The lowest BCUT2D eigenvalue weighted by Crippen LogP contribution is -2.31. The summed E-state index contributed by atoms with van der Waals surface area (Å²) >= 11 is 0. The van der Waals surface area contributed by atoms with Gasteiger partial charge in [0, 0.05) is 25.3 Å². The zero-order valence-corrected chi connectivity index (χ0v) is 14.3. The molecule has 0 saturated carbocycles. The summed E-state index contributed by atoms with van der Waals surface area (Å²) in [4.78, 5) is 2.63. The van der Waals surface area contributed by atoms with E-state index in [-0.39, 0.29) is 0 Å². The second kappa shape index (κ2) is 7.84. The fourth-order valence-corrected chi connectivity index (χ4v) is 2.97. The molecule has 0 saturated heterocycles. The maximum atomic E-state index is 3.54. The Morgan fingerprint density at radius 1 is 1.05 bits per heavy atom. The third-order valence-electron chi connectivity index (χ3n) is 4.41. The lowest BCUT2D eigenvalue weighted by Gasteiger charge is -2.31. The van der Waals surface area contributed by atoms with Gasteiger partial charge in [-0.25, -0.2) is 0 Å². The second-order valence-electron chi connectivity index (χ2n) is 7.19. The molecular weight excluding hydrogens is 256 g/mol. The van der Waals surface area contributed by atoms with E-state index in [0.717, 1.165) is 24.9 Å². The Morgan fingerprint density at radius 2 is 1.71 bits per heavy atom. The molecule has 0 unspecified atom stereocenters. The zero-order valence-electron chi connectivity index (χ0n) is 14.3. The van der Waals surface area contributed by atoms with E-state index in [4.69, 9.17) is 0 Å². The van der Waals surface area contributed by atoms with E-state index in [1.165, 1.54) is 43.6 Å². The summed E-state index contributed by atoms with van der Waals surface area (Å²) in [7, 11) is 0. The summed E-state index contributed by atoms with van der Waals surface area (Å²) < 4.78 is 0. The second-order valence-corrected chi connectivity index (χ2v) is 7.19. The molecule has 1 N–H and O–H groups in total. The van der Waals surface area contributed by atoms with Crippen LogP contribution in [0, 0.1) is 11.8 Å². The number of benzene rings is 1. The van der Waals surface area contributed by atoms with Crippen LogP contribution in [0.5, 0.6) is 0 Å². The number of anilines is 1. The van der Waals surface area contributed by atoms with Crippen molar-refractivity contribution >= 4 is 5.69 Å². The molecule has 0 bridgehead atoms. The predicted molar refractivity (Wildman–Crippen MR) is 93.0 cm³/mol. The Kier molecular flexibility index (Phi) is 6.10. The predicted octanol–water partition coefficient (Wildman–Crippen LogP) is 4.23. The van der Waals surface area contributed by atoms with Crippen LogP contribution in [0.15, 0.2) is 18.2 Å². The topological polar surface area (TPSA) is 15.3 Å². The van der Waals surface area contributed by atoms with Crippen molar-refractivity contribution in [3.63, 3.8) is 0 Å².